The Kier molecular flexibility index (Phi) is 3.68. The molecule has 1 fully saturated rings. The molecule has 0 aromatic heterocycles. The Bertz CT molecular complexity index is 1040. The predicted octanol–water partition coefficient (Wildman–Crippen LogP) is 4.92. The fourth-order valence-electron chi connectivity index (χ4n) is 4.30. The number of anilines is 1. The van der Waals surface area contributed by atoms with Crippen molar-refractivity contribution in [2.45, 2.75) is 24.2 Å². The van der Waals surface area contributed by atoms with E-state index in [4.69, 9.17) is 11.6 Å². The highest BCUT2D eigenvalue weighted by atomic mass is 35.5. The maximum absolute atomic E-state index is 13.6. The van der Waals surface area contributed by atoms with Crippen LogP contribution in [0.5, 0.6) is 11.5 Å². The van der Waals surface area contributed by atoms with Crippen molar-refractivity contribution in [2.24, 2.45) is 0 Å². The zero-order valence-corrected chi connectivity index (χ0v) is 15.7. The van der Waals surface area contributed by atoms with Crippen LogP contribution in [0.3, 0.4) is 0 Å². The van der Waals surface area contributed by atoms with Gasteiger partial charge in [-0.2, -0.15) is 0 Å². The molecule has 1 aliphatic heterocycles. The molecule has 3 N–H and O–H groups in total. The topological polar surface area (TPSA) is 69.6 Å². The van der Waals surface area contributed by atoms with E-state index in [0.717, 1.165) is 40.8 Å². The summed E-state index contributed by atoms with van der Waals surface area (Å²) >= 11 is 6.50. The Morgan fingerprint density at radius 2 is 1.39 bits per heavy atom. The van der Waals surface area contributed by atoms with Crippen LogP contribution in [0.15, 0.2) is 60.7 Å². The van der Waals surface area contributed by atoms with Crippen LogP contribution in [0, 0.1) is 0 Å². The molecule has 0 spiro atoms. The minimum Gasteiger partial charge on any atom is -0.508 e. The van der Waals surface area contributed by atoms with Crippen molar-refractivity contribution in [2.75, 3.05) is 5.32 Å². The van der Waals surface area contributed by atoms with Crippen molar-refractivity contribution in [3.05, 3.63) is 87.9 Å². The van der Waals surface area contributed by atoms with E-state index in [-0.39, 0.29) is 17.4 Å². The maximum Gasteiger partial charge on any atom is 0.244 e. The minimum absolute atomic E-state index is 0.137. The lowest BCUT2D eigenvalue weighted by molar-refractivity contribution is -0.118. The van der Waals surface area contributed by atoms with Crippen molar-refractivity contribution in [3.8, 4) is 11.5 Å². The first-order chi connectivity index (χ1) is 13.5. The quantitative estimate of drug-likeness (QED) is 0.593. The van der Waals surface area contributed by atoms with E-state index in [0.29, 0.717) is 10.9 Å². The second kappa shape index (κ2) is 6.01. The third kappa shape index (κ3) is 2.34. The van der Waals surface area contributed by atoms with E-state index in [2.05, 4.69) is 5.32 Å². The van der Waals surface area contributed by atoms with Gasteiger partial charge in [-0.1, -0.05) is 41.9 Å². The Hall–Kier alpha value is -2.98. The highest BCUT2D eigenvalue weighted by Crippen LogP contribution is 2.55. The standard InChI is InChI=1S/C23H18ClNO3/c24-19-12-11-18-21(20(19)13-1-2-13)25-22(28)23(18,14-3-7-16(26)8-4-14)15-5-9-17(27)10-6-15/h3-13,26-27H,1-2H2,(H,25,28). The van der Waals surface area contributed by atoms with E-state index in [1.165, 1.54) is 0 Å². The molecule has 3 aromatic carbocycles. The number of aromatic hydroxyl groups is 2. The van der Waals surface area contributed by atoms with E-state index in [1.54, 1.807) is 48.5 Å². The lowest BCUT2D eigenvalue weighted by Crippen LogP contribution is -2.36. The zero-order chi connectivity index (χ0) is 19.5. The van der Waals surface area contributed by atoms with Gasteiger partial charge in [0.05, 0.1) is 5.69 Å². The molecule has 2 aliphatic rings. The van der Waals surface area contributed by atoms with E-state index in [1.807, 2.05) is 12.1 Å². The number of carbonyl (C=O) groups is 1. The molecule has 1 aliphatic carbocycles. The molecule has 0 bridgehead atoms. The van der Waals surface area contributed by atoms with Crippen LogP contribution >= 0.6 is 11.6 Å². The fourth-order valence-corrected chi connectivity index (χ4v) is 4.62. The van der Waals surface area contributed by atoms with Gasteiger partial charge < -0.3 is 15.5 Å². The molecule has 5 rings (SSSR count). The van der Waals surface area contributed by atoms with E-state index in [9.17, 15) is 15.0 Å². The highest BCUT2D eigenvalue weighted by Gasteiger charge is 2.51. The van der Waals surface area contributed by atoms with Crippen molar-refractivity contribution in [3.63, 3.8) is 0 Å². The number of carbonyl (C=O) groups excluding carboxylic acids is 1. The number of benzene rings is 3. The first kappa shape index (κ1) is 17.1. The predicted molar refractivity (Wildman–Crippen MR) is 108 cm³/mol. The van der Waals surface area contributed by atoms with Crippen LogP contribution in [0.1, 0.15) is 41.0 Å². The van der Waals surface area contributed by atoms with Gasteiger partial charge in [0.2, 0.25) is 5.91 Å². The summed E-state index contributed by atoms with van der Waals surface area (Å²) in [5.74, 6) is 0.484. The summed E-state index contributed by atoms with van der Waals surface area (Å²) < 4.78 is 0. The lowest BCUT2D eigenvalue weighted by Gasteiger charge is -2.29. The Morgan fingerprint density at radius 1 is 0.857 bits per heavy atom. The number of nitrogens with one attached hydrogen (secondary N) is 1. The number of amides is 1. The summed E-state index contributed by atoms with van der Waals surface area (Å²) in [4.78, 5) is 13.6. The van der Waals surface area contributed by atoms with Crippen LogP contribution in [0.2, 0.25) is 5.02 Å². The van der Waals surface area contributed by atoms with Gasteiger partial charge >= 0.3 is 0 Å². The van der Waals surface area contributed by atoms with Crippen molar-refractivity contribution in [1.82, 2.24) is 0 Å². The van der Waals surface area contributed by atoms with Gasteiger partial charge in [-0.15, -0.1) is 0 Å². The number of rotatable bonds is 3. The number of phenolic OH excluding ortho intramolecular Hbond substituents is 2. The maximum atomic E-state index is 13.6. The molecule has 1 saturated carbocycles. The molecule has 140 valence electrons. The van der Waals surface area contributed by atoms with Crippen LogP contribution in [-0.2, 0) is 10.2 Å². The van der Waals surface area contributed by atoms with Gasteiger partial charge in [0.15, 0.2) is 0 Å². The molecule has 5 heteroatoms. The summed E-state index contributed by atoms with van der Waals surface area (Å²) in [7, 11) is 0. The lowest BCUT2D eigenvalue weighted by atomic mass is 9.70. The van der Waals surface area contributed by atoms with Gasteiger partial charge in [0, 0.05) is 10.6 Å². The normalized spacial score (nSPS) is 17.2. The second-order valence-corrected chi connectivity index (χ2v) is 7.86. The van der Waals surface area contributed by atoms with Crippen LogP contribution in [0.25, 0.3) is 0 Å². The first-order valence-corrected chi connectivity index (χ1v) is 9.63. The molecular formula is C23H18ClNO3. The zero-order valence-electron chi connectivity index (χ0n) is 14.9. The first-order valence-electron chi connectivity index (χ1n) is 9.25. The van der Waals surface area contributed by atoms with Gasteiger partial charge in [0.1, 0.15) is 16.9 Å². The fraction of sp³-hybridized carbons (Fsp3) is 0.174. The number of halogens is 1. The van der Waals surface area contributed by atoms with Crippen molar-refractivity contribution < 1.29 is 15.0 Å². The summed E-state index contributed by atoms with van der Waals surface area (Å²) in [6, 6.07) is 17.2. The molecule has 0 unspecified atom stereocenters. The Morgan fingerprint density at radius 3 is 1.89 bits per heavy atom. The summed E-state index contributed by atoms with van der Waals surface area (Å²) in [6.45, 7) is 0. The van der Waals surface area contributed by atoms with Gasteiger partial charge in [0.25, 0.3) is 0 Å². The molecule has 4 nitrogen and oxygen atoms in total. The monoisotopic (exact) mass is 391 g/mol. The summed E-state index contributed by atoms with van der Waals surface area (Å²) in [5, 5.41) is 23.3. The molecule has 0 saturated heterocycles. The third-order valence-corrected chi connectivity index (χ3v) is 6.09. The SMILES string of the molecule is O=C1Nc2c(ccc(Cl)c2C2CC2)C1(c1ccc(O)cc1)c1ccc(O)cc1. The Labute approximate surface area is 167 Å². The molecule has 1 amide bonds. The summed E-state index contributed by atoms with van der Waals surface area (Å²) in [6.07, 6.45) is 2.13. The van der Waals surface area contributed by atoms with Gasteiger partial charge in [-0.05, 0) is 65.8 Å². The van der Waals surface area contributed by atoms with Crippen molar-refractivity contribution in [1.29, 1.82) is 0 Å². The van der Waals surface area contributed by atoms with E-state index >= 15 is 0 Å². The van der Waals surface area contributed by atoms with Gasteiger partial charge in [-0.3, -0.25) is 4.79 Å². The molecule has 3 aromatic rings. The smallest absolute Gasteiger partial charge is 0.244 e. The van der Waals surface area contributed by atoms with E-state index < -0.39 is 5.41 Å². The van der Waals surface area contributed by atoms with Crippen molar-refractivity contribution >= 4 is 23.2 Å². The average Bonchev–Trinajstić information content (AvgIpc) is 3.46. The molecular weight excluding hydrogens is 374 g/mol. The highest BCUT2D eigenvalue weighted by molar-refractivity contribution is 6.32. The number of phenols is 2. The van der Waals surface area contributed by atoms with Crippen LogP contribution in [-0.4, -0.2) is 16.1 Å². The second-order valence-electron chi connectivity index (χ2n) is 7.46. The largest absolute Gasteiger partial charge is 0.508 e. The molecule has 28 heavy (non-hydrogen) atoms. The Balaban J connectivity index is 1.84. The average molecular weight is 392 g/mol. The number of fused-ring (bicyclic) bond motifs is 1. The van der Waals surface area contributed by atoms with Crippen LogP contribution in [0.4, 0.5) is 5.69 Å². The third-order valence-electron chi connectivity index (χ3n) is 5.76. The molecule has 1 heterocycles. The van der Waals surface area contributed by atoms with Crippen LogP contribution < -0.4 is 5.32 Å². The number of hydrogen-bond donors (Lipinski definition) is 3. The molecule has 0 radical (unpaired) electrons. The summed E-state index contributed by atoms with van der Waals surface area (Å²) in [5.41, 5.74) is 3.06. The number of hydrogen-bond acceptors (Lipinski definition) is 3. The molecule has 0 atom stereocenters. The van der Waals surface area contributed by atoms with Gasteiger partial charge in [-0.25, -0.2) is 0 Å². The minimum atomic E-state index is -1.08.